The van der Waals surface area contributed by atoms with E-state index in [0.29, 0.717) is 13.2 Å². The smallest absolute Gasteiger partial charge is 0.311 e. The van der Waals surface area contributed by atoms with Gasteiger partial charge in [0.15, 0.2) is 4.34 Å². The van der Waals surface area contributed by atoms with Crippen molar-refractivity contribution in [3.05, 3.63) is 48.5 Å². The van der Waals surface area contributed by atoms with Crippen molar-refractivity contribution in [3.63, 3.8) is 0 Å². The molecule has 190 valence electrons. The molecular weight excluding hydrogens is 478 g/mol. The third kappa shape index (κ3) is 9.37. The Labute approximate surface area is 217 Å². The minimum absolute atomic E-state index is 0.125. The molecule has 0 unspecified atom stereocenters. The average molecular weight is 516 g/mol. The van der Waals surface area contributed by atoms with Gasteiger partial charge in [-0.1, -0.05) is 23.9 Å². The molecule has 0 spiro atoms. The highest BCUT2D eigenvalue weighted by Crippen LogP contribution is 2.30. The van der Waals surface area contributed by atoms with Crippen LogP contribution in [0.25, 0.3) is 10.2 Å². The van der Waals surface area contributed by atoms with E-state index in [9.17, 15) is 4.79 Å². The van der Waals surface area contributed by atoms with Gasteiger partial charge in [0.25, 0.3) is 0 Å². The molecule has 0 saturated heterocycles. The van der Waals surface area contributed by atoms with Crippen molar-refractivity contribution in [2.75, 3.05) is 25.6 Å². The van der Waals surface area contributed by atoms with E-state index in [4.69, 9.17) is 14.2 Å². The lowest BCUT2D eigenvalue weighted by Gasteiger charge is -2.21. The van der Waals surface area contributed by atoms with E-state index in [2.05, 4.69) is 23.2 Å². The van der Waals surface area contributed by atoms with E-state index in [1.807, 2.05) is 62.9 Å². The van der Waals surface area contributed by atoms with Gasteiger partial charge in [0, 0.05) is 5.75 Å². The summed E-state index contributed by atoms with van der Waals surface area (Å²) in [5.74, 6) is 2.68. The molecule has 0 atom stereocenters. The molecule has 0 amide bonds. The highest BCUT2D eigenvalue weighted by Gasteiger charge is 2.28. The number of benzene rings is 2. The van der Waals surface area contributed by atoms with Crippen LogP contribution in [0.4, 0.5) is 0 Å². The van der Waals surface area contributed by atoms with E-state index >= 15 is 0 Å². The molecule has 0 aliphatic rings. The monoisotopic (exact) mass is 515 g/mol. The van der Waals surface area contributed by atoms with Crippen LogP contribution in [0.2, 0.25) is 0 Å². The van der Waals surface area contributed by atoms with E-state index in [1.54, 1.807) is 11.3 Å². The molecule has 7 heteroatoms. The zero-order valence-electron chi connectivity index (χ0n) is 21.1. The molecule has 0 radical (unpaired) electrons. The Morgan fingerprint density at radius 2 is 1.57 bits per heavy atom. The number of thiazole rings is 1. The van der Waals surface area contributed by atoms with E-state index in [1.165, 1.54) is 4.70 Å². The second-order valence-electron chi connectivity index (χ2n) is 9.09. The Balaban J connectivity index is 1.22. The number of thioether (sulfide) groups is 1. The lowest BCUT2D eigenvalue weighted by Crippen LogP contribution is -2.26. The van der Waals surface area contributed by atoms with Crippen LogP contribution >= 0.6 is 23.1 Å². The van der Waals surface area contributed by atoms with E-state index in [-0.39, 0.29) is 5.97 Å². The van der Waals surface area contributed by atoms with E-state index in [0.717, 1.165) is 72.2 Å². The number of ether oxygens (including phenoxy) is 3. The summed E-state index contributed by atoms with van der Waals surface area (Å²) < 4.78 is 19.3. The maximum absolute atomic E-state index is 11.9. The van der Waals surface area contributed by atoms with Crippen LogP contribution in [0.3, 0.4) is 0 Å². The molecule has 0 saturated carbocycles. The molecule has 5 nitrogen and oxygen atoms in total. The first-order valence-electron chi connectivity index (χ1n) is 12.5. The normalized spacial score (nSPS) is 11.5. The van der Waals surface area contributed by atoms with Crippen molar-refractivity contribution >= 4 is 39.3 Å². The van der Waals surface area contributed by atoms with E-state index < -0.39 is 5.41 Å². The maximum Gasteiger partial charge on any atom is 0.311 e. The predicted octanol–water partition coefficient (Wildman–Crippen LogP) is 7.78. The standard InChI is InChI=1S/C28H37NO4S2/c1-4-31-26(30)28(2,3)18-8-10-20-33-23-16-14-22(15-17-23)32-19-9-5-11-21-34-27-29-24-12-6-7-13-25(24)35-27/h6-7,12-17H,4-5,8-11,18-21H2,1-3H3. The molecule has 3 aromatic rings. The molecule has 35 heavy (non-hydrogen) atoms. The number of para-hydroxylation sites is 1. The minimum Gasteiger partial charge on any atom is -0.494 e. The number of rotatable bonds is 16. The summed E-state index contributed by atoms with van der Waals surface area (Å²) in [5, 5.41) is 0. The van der Waals surface area contributed by atoms with Gasteiger partial charge in [-0.25, -0.2) is 4.98 Å². The molecule has 0 aliphatic carbocycles. The van der Waals surface area contributed by atoms with Gasteiger partial charge in [0.2, 0.25) is 0 Å². The summed E-state index contributed by atoms with van der Waals surface area (Å²) in [6, 6.07) is 16.1. The number of unbranched alkanes of at least 4 members (excludes halogenated alkanes) is 3. The van der Waals surface area contributed by atoms with Crippen LogP contribution in [0.15, 0.2) is 52.9 Å². The minimum atomic E-state index is -0.440. The van der Waals surface area contributed by atoms with Crippen LogP contribution < -0.4 is 9.47 Å². The topological polar surface area (TPSA) is 57.7 Å². The number of carbonyl (C=O) groups is 1. The fourth-order valence-corrected chi connectivity index (χ4v) is 5.70. The first kappa shape index (κ1) is 27.3. The van der Waals surface area contributed by atoms with Gasteiger partial charge >= 0.3 is 5.97 Å². The zero-order valence-corrected chi connectivity index (χ0v) is 22.7. The van der Waals surface area contributed by atoms with Gasteiger partial charge in [-0.05, 0) is 95.7 Å². The summed E-state index contributed by atoms with van der Waals surface area (Å²) >= 11 is 3.62. The highest BCUT2D eigenvalue weighted by molar-refractivity contribution is 8.01. The fraction of sp³-hybridized carbons (Fsp3) is 0.500. The molecule has 3 rings (SSSR count). The van der Waals surface area contributed by atoms with Crippen LogP contribution in [0, 0.1) is 5.41 Å². The number of fused-ring (bicyclic) bond motifs is 1. The van der Waals surface area contributed by atoms with Crippen LogP contribution in [0.5, 0.6) is 11.5 Å². The largest absolute Gasteiger partial charge is 0.494 e. The Morgan fingerprint density at radius 3 is 2.23 bits per heavy atom. The average Bonchev–Trinajstić information content (AvgIpc) is 3.27. The van der Waals surface area contributed by atoms with Crippen LogP contribution in [0.1, 0.15) is 59.3 Å². The SMILES string of the molecule is CCOC(=O)C(C)(C)CCCCOc1ccc(OCCCCCSc2nc3ccccc3s2)cc1. The van der Waals surface area contributed by atoms with Crippen molar-refractivity contribution < 1.29 is 19.0 Å². The molecule has 1 aromatic heterocycles. The van der Waals surface area contributed by atoms with Crippen LogP contribution in [-0.2, 0) is 9.53 Å². The van der Waals surface area contributed by atoms with Crippen molar-refractivity contribution in [1.82, 2.24) is 4.98 Å². The van der Waals surface area contributed by atoms with Gasteiger partial charge < -0.3 is 14.2 Å². The summed E-state index contributed by atoms with van der Waals surface area (Å²) in [7, 11) is 0. The predicted molar refractivity (Wildman–Crippen MR) is 146 cm³/mol. The van der Waals surface area contributed by atoms with Gasteiger partial charge in [-0.3, -0.25) is 4.79 Å². The summed E-state index contributed by atoms with van der Waals surface area (Å²) in [6.07, 6.45) is 5.97. The van der Waals surface area contributed by atoms with Crippen molar-refractivity contribution in [1.29, 1.82) is 0 Å². The maximum atomic E-state index is 11.9. The second kappa shape index (κ2) is 14.3. The lowest BCUT2D eigenvalue weighted by atomic mass is 9.87. The third-order valence-electron chi connectivity index (χ3n) is 5.67. The Kier molecular flexibility index (Phi) is 11.2. The molecule has 2 aromatic carbocycles. The molecule has 0 fully saturated rings. The van der Waals surface area contributed by atoms with Gasteiger partial charge in [0.05, 0.1) is 35.5 Å². The second-order valence-corrected chi connectivity index (χ2v) is 11.5. The fourth-order valence-electron chi connectivity index (χ4n) is 3.56. The summed E-state index contributed by atoms with van der Waals surface area (Å²) in [5.41, 5.74) is 0.657. The number of nitrogens with zero attached hydrogens (tertiary/aromatic N) is 1. The number of esters is 1. The Morgan fingerprint density at radius 1 is 0.914 bits per heavy atom. The molecule has 0 bridgehead atoms. The van der Waals surface area contributed by atoms with Crippen molar-refractivity contribution in [2.45, 2.75) is 63.6 Å². The number of hydrogen-bond acceptors (Lipinski definition) is 7. The summed E-state index contributed by atoms with van der Waals surface area (Å²) in [6.45, 7) is 7.50. The highest BCUT2D eigenvalue weighted by atomic mass is 32.2. The molecule has 1 heterocycles. The summed E-state index contributed by atoms with van der Waals surface area (Å²) in [4.78, 5) is 16.6. The molecular formula is C28H37NO4S2. The van der Waals surface area contributed by atoms with Gasteiger partial charge in [-0.15, -0.1) is 11.3 Å². The number of carbonyl (C=O) groups excluding carboxylic acids is 1. The zero-order chi connectivity index (χ0) is 24.9. The quantitative estimate of drug-likeness (QED) is 0.110. The van der Waals surface area contributed by atoms with Gasteiger partial charge in [0.1, 0.15) is 11.5 Å². The molecule has 0 N–H and O–H groups in total. The third-order valence-corrected chi connectivity index (χ3v) is 7.94. The Hall–Kier alpha value is -2.25. The van der Waals surface area contributed by atoms with Crippen molar-refractivity contribution in [2.24, 2.45) is 5.41 Å². The number of aromatic nitrogens is 1. The number of hydrogen-bond donors (Lipinski definition) is 0. The Bertz CT molecular complexity index is 1000. The van der Waals surface area contributed by atoms with Crippen LogP contribution in [-0.4, -0.2) is 36.5 Å². The van der Waals surface area contributed by atoms with Gasteiger partial charge in [-0.2, -0.15) is 0 Å². The first-order chi connectivity index (χ1) is 17.0. The molecule has 0 aliphatic heterocycles. The first-order valence-corrected chi connectivity index (χ1v) is 14.3. The van der Waals surface area contributed by atoms with Crippen molar-refractivity contribution in [3.8, 4) is 11.5 Å². The lowest BCUT2D eigenvalue weighted by molar-refractivity contribution is -0.153.